The number of hydrogen-bond acceptors (Lipinski definition) is 2. The van der Waals surface area contributed by atoms with E-state index in [0.29, 0.717) is 0 Å². The molecule has 0 spiro atoms. The van der Waals surface area contributed by atoms with Gasteiger partial charge >= 0.3 is 6.03 Å². The Bertz CT molecular complexity index is 759. The predicted molar refractivity (Wildman–Crippen MR) is 94.6 cm³/mol. The molecule has 2 aromatic carbocycles. The molecule has 2 aliphatic rings. The maximum absolute atomic E-state index is 13.2. The van der Waals surface area contributed by atoms with Crippen molar-refractivity contribution in [3.63, 3.8) is 0 Å². The lowest BCUT2D eigenvalue weighted by Gasteiger charge is -2.30. The van der Waals surface area contributed by atoms with E-state index in [-0.39, 0.29) is 12.1 Å². The van der Waals surface area contributed by atoms with Gasteiger partial charge in [-0.05, 0) is 48.6 Å². The van der Waals surface area contributed by atoms with Gasteiger partial charge in [0.25, 0.3) is 0 Å². The van der Waals surface area contributed by atoms with Gasteiger partial charge in [0, 0.05) is 18.8 Å². The van der Waals surface area contributed by atoms with Crippen LogP contribution in [0.5, 0.6) is 5.75 Å². The van der Waals surface area contributed by atoms with E-state index in [1.165, 1.54) is 5.56 Å². The Morgan fingerprint density at radius 3 is 2.88 bits per heavy atom. The van der Waals surface area contributed by atoms with E-state index in [1.807, 2.05) is 40.1 Å². The van der Waals surface area contributed by atoms with E-state index < -0.39 is 0 Å². The van der Waals surface area contributed by atoms with Crippen molar-refractivity contribution >= 4 is 11.7 Å². The number of methoxy groups -OCH3 is 1. The van der Waals surface area contributed by atoms with Crippen molar-refractivity contribution in [2.24, 2.45) is 0 Å². The van der Waals surface area contributed by atoms with Gasteiger partial charge in [0.2, 0.25) is 0 Å². The van der Waals surface area contributed by atoms with Crippen LogP contribution in [0.25, 0.3) is 0 Å². The second-order valence-corrected chi connectivity index (χ2v) is 6.44. The summed E-state index contributed by atoms with van der Waals surface area (Å²) in [5, 5.41) is 0. The van der Waals surface area contributed by atoms with Crippen LogP contribution in [-0.2, 0) is 6.42 Å². The summed E-state index contributed by atoms with van der Waals surface area (Å²) in [6.45, 7) is 1.60. The minimum Gasteiger partial charge on any atom is -0.497 e. The van der Waals surface area contributed by atoms with E-state index in [1.54, 1.807) is 7.11 Å². The van der Waals surface area contributed by atoms with E-state index in [0.717, 1.165) is 49.4 Å². The van der Waals surface area contributed by atoms with Crippen LogP contribution >= 0.6 is 0 Å². The summed E-state index contributed by atoms with van der Waals surface area (Å²) in [7, 11) is 1.68. The Balaban J connectivity index is 1.60. The predicted octanol–water partition coefficient (Wildman–Crippen LogP) is 4.01. The monoisotopic (exact) mass is 322 g/mol. The van der Waals surface area contributed by atoms with Gasteiger partial charge in [0.15, 0.2) is 0 Å². The molecule has 1 unspecified atom stereocenters. The minimum absolute atomic E-state index is 0.130. The lowest BCUT2D eigenvalue weighted by Crippen LogP contribution is -2.42. The number of carbonyl (C=O) groups excluding carboxylic acids is 1. The number of ether oxygens (including phenoxy) is 1. The second-order valence-electron chi connectivity index (χ2n) is 6.44. The SMILES string of the molecule is COc1cccc(C2CCCN2C(=O)N2CCc3ccccc32)c1. The molecule has 1 atom stereocenters. The molecular formula is C20H22N2O2. The molecule has 4 nitrogen and oxygen atoms in total. The van der Waals surface area contributed by atoms with Crippen LogP contribution in [0, 0.1) is 0 Å². The van der Waals surface area contributed by atoms with E-state index in [2.05, 4.69) is 18.2 Å². The number of benzene rings is 2. The zero-order valence-corrected chi connectivity index (χ0v) is 13.9. The first-order valence-corrected chi connectivity index (χ1v) is 8.58. The summed E-state index contributed by atoms with van der Waals surface area (Å²) in [6, 6.07) is 16.6. The van der Waals surface area contributed by atoms with Crippen LogP contribution < -0.4 is 9.64 Å². The van der Waals surface area contributed by atoms with E-state index in [4.69, 9.17) is 4.74 Å². The van der Waals surface area contributed by atoms with Gasteiger partial charge in [-0.1, -0.05) is 30.3 Å². The van der Waals surface area contributed by atoms with Crippen molar-refractivity contribution in [1.29, 1.82) is 0 Å². The molecule has 124 valence electrons. The fourth-order valence-electron chi connectivity index (χ4n) is 3.88. The highest BCUT2D eigenvalue weighted by molar-refractivity contribution is 5.94. The summed E-state index contributed by atoms with van der Waals surface area (Å²) in [5.41, 5.74) is 3.49. The zero-order chi connectivity index (χ0) is 16.5. The van der Waals surface area contributed by atoms with Gasteiger partial charge < -0.3 is 9.64 Å². The lowest BCUT2D eigenvalue weighted by atomic mass is 10.0. The molecule has 0 aliphatic carbocycles. The van der Waals surface area contributed by atoms with Crippen LogP contribution in [0.4, 0.5) is 10.5 Å². The third kappa shape index (κ3) is 2.52. The number of carbonyl (C=O) groups is 1. The number of fused-ring (bicyclic) bond motifs is 1. The van der Waals surface area contributed by atoms with Crippen LogP contribution in [0.3, 0.4) is 0 Å². The number of nitrogens with zero attached hydrogens (tertiary/aromatic N) is 2. The molecule has 1 saturated heterocycles. The van der Waals surface area contributed by atoms with Gasteiger partial charge in [-0.3, -0.25) is 4.90 Å². The fraction of sp³-hybridized carbons (Fsp3) is 0.350. The highest BCUT2D eigenvalue weighted by atomic mass is 16.5. The lowest BCUT2D eigenvalue weighted by molar-refractivity contribution is 0.200. The molecule has 0 N–H and O–H groups in total. The Labute approximate surface area is 142 Å². The molecular weight excluding hydrogens is 300 g/mol. The topological polar surface area (TPSA) is 32.8 Å². The molecule has 0 aromatic heterocycles. The van der Waals surface area contributed by atoms with Gasteiger partial charge in [0.1, 0.15) is 5.75 Å². The average Bonchev–Trinajstić information content (AvgIpc) is 3.28. The quantitative estimate of drug-likeness (QED) is 0.837. The number of hydrogen-bond donors (Lipinski definition) is 0. The first-order valence-electron chi connectivity index (χ1n) is 8.58. The molecule has 0 bridgehead atoms. The molecule has 0 radical (unpaired) electrons. The Hall–Kier alpha value is -2.49. The summed E-state index contributed by atoms with van der Waals surface area (Å²) in [4.78, 5) is 17.1. The van der Waals surface area contributed by atoms with Crippen molar-refractivity contribution in [2.45, 2.75) is 25.3 Å². The maximum Gasteiger partial charge on any atom is 0.325 e. The third-order valence-electron chi connectivity index (χ3n) is 5.10. The molecule has 2 aliphatic heterocycles. The molecule has 2 heterocycles. The molecule has 4 heteroatoms. The summed E-state index contributed by atoms with van der Waals surface area (Å²) in [5.74, 6) is 0.846. The van der Waals surface area contributed by atoms with Crippen LogP contribution in [0.15, 0.2) is 48.5 Å². The fourth-order valence-corrected chi connectivity index (χ4v) is 3.88. The van der Waals surface area contributed by atoms with Crippen molar-refractivity contribution in [2.75, 3.05) is 25.1 Å². The zero-order valence-electron chi connectivity index (χ0n) is 13.9. The summed E-state index contributed by atoms with van der Waals surface area (Å²) < 4.78 is 5.34. The molecule has 24 heavy (non-hydrogen) atoms. The van der Waals surface area contributed by atoms with Crippen molar-refractivity contribution < 1.29 is 9.53 Å². The second kappa shape index (κ2) is 6.19. The van der Waals surface area contributed by atoms with Crippen molar-refractivity contribution in [1.82, 2.24) is 4.90 Å². The van der Waals surface area contributed by atoms with Crippen LogP contribution in [-0.4, -0.2) is 31.1 Å². The smallest absolute Gasteiger partial charge is 0.325 e. The Morgan fingerprint density at radius 2 is 2.00 bits per heavy atom. The summed E-state index contributed by atoms with van der Waals surface area (Å²) >= 11 is 0. The van der Waals surface area contributed by atoms with E-state index >= 15 is 0 Å². The molecule has 1 fully saturated rings. The normalized spacial score (nSPS) is 19.5. The largest absolute Gasteiger partial charge is 0.497 e. The molecule has 0 saturated carbocycles. The first-order chi connectivity index (χ1) is 11.8. The van der Waals surface area contributed by atoms with Gasteiger partial charge in [-0.2, -0.15) is 0 Å². The summed E-state index contributed by atoms with van der Waals surface area (Å²) in [6.07, 6.45) is 3.00. The van der Waals surface area contributed by atoms with Crippen LogP contribution in [0.1, 0.15) is 30.0 Å². The van der Waals surface area contributed by atoms with Crippen molar-refractivity contribution in [3.8, 4) is 5.75 Å². The number of anilines is 1. The first kappa shape index (κ1) is 15.1. The number of para-hydroxylation sites is 1. The standard InChI is InChI=1S/C20H22N2O2/c1-24-17-8-4-7-16(14-17)19-10-5-12-21(19)20(23)22-13-11-15-6-2-3-9-18(15)22/h2-4,6-9,14,19H,5,10-13H2,1H3. The number of likely N-dealkylation sites (tertiary alicyclic amines) is 1. The maximum atomic E-state index is 13.2. The van der Waals surface area contributed by atoms with E-state index in [9.17, 15) is 4.79 Å². The number of rotatable bonds is 2. The molecule has 4 rings (SSSR count). The average molecular weight is 322 g/mol. The number of urea groups is 1. The number of amides is 2. The van der Waals surface area contributed by atoms with Gasteiger partial charge in [-0.25, -0.2) is 4.79 Å². The van der Waals surface area contributed by atoms with Gasteiger partial charge in [0.05, 0.1) is 13.2 Å². The molecule has 2 amide bonds. The highest BCUT2D eigenvalue weighted by Crippen LogP contribution is 2.36. The minimum atomic E-state index is 0.130. The third-order valence-corrected chi connectivity index (χ3v) is 5.10. The highest BCUT2D eigenvalue weighted by Gasteiger charge is 2.35. The van der Waals surface area contributed by atoms with Crippen LogP contribution in [0.2, 0.25) is 0 Å². The Kier molecular flexibility index (Phi) is 3.89. The van der Waals surface area contributed by atoms with Gasteiger partial charge in [-0.15, -0.1) is 0 Å². The Morgan fingerprint density at radius 1 is 1.12 bits per heavy atom. The van der Waals surface area contributed by atoms with Crippen molar-refractivity contribution in [3.05, 3.63) is 59.7 Å². The molecule has 2 aromatic rings.